The van der Waals surface area contributed by atoms with Crippen molar-refractivity contribution >= 4 is 44.5 Å². The number of nitrogens with zero attached hydrogens (tertiary/aromatic N) is 1. The molecule has 0 saturated carbocycles. The topological polar surface area (TPSA) is 86.0 Å². The summed E-state index contributed by atoms with van der Waals surface area (Å²) < 4.78 is 17.8. The lowest BCUT2D eigenvalue weighted by molar-refractivity contribution is 0.0499. The number of amides is 1. The Kier molecular flexibility index (Phi) is 7.65. The van der Waals surface area contributed by atoms with Crippen LogP contribution < -0.4 is 15.1 Å². The molecular weight excluding hydrogens is 562 g/mol. The number of esters is 1. The van der Waals surface area contributed by atoms with Crippen LogP contribution in [0.3, 0.4) is 0 Å². The van der Waals surface area contributed by atoms with Crippen molar-refractivity contribution in [3.05, 3.63) is 117 Å². The number of halogens is 1. The van der Waals surface area contributed by atoms with E-state index in [1.54, 1.807) is 60.7 Å². The van der Waals surface area contributed by atoms with Crippen LogP contribution in [0.4, 0.5) is 5.69 Å². The summed E-state index contributed by atoms with van der Waals surface area (Å²) in [4.78, 5) is 41.6. The molecule has 3 aromatic carbocycles. The number of hydrogen-bond donors (Lipinski definition) is 0. The van der Waals surface area contributed by atoms with E-state index in [0.29, 0.717) is 46.7 Å². The zero-order valence-corrected chi connectivity index (χ0v) is 22.9. The van der Waals surface area contributed by atoms with Gasteiger partial charge >= 0.3 is 5.97 Å². The number of rotatable bonds is 9. The number of anilines is 1. The minimum absolute atomic E-state index is 0.0136. The summed E-state index contributed by atoms with van der Waals surface area (Å²) in [6.07, 6.45) is 3.35. The molecular formula is C31H26BrNO6. The molecule has 7 nitrogen and oxygen atoms in total. The molecule has 198 valence electrons. The van der Waals surface area contributed by atoms with E-state index in [1.165, 1.54) is 4.90 Å². The van der Waals surface area contributed by atoms with Crippen LogP contribution in [0.25, 0.3) is 11.0 Å². The Bertz CT molecular complexity index is 1620. The van der Waals surface area contributed by atoms with E-state index < -0.39 is 17.9 Å². The Hall–Kier alpha value is -4.17. The molecule has 0 bridgehead atoms. The Balaban J connectivity index is 1.62. The Morgan fingerprint density at radius 1 is 1.10 bits per heavy atom. The maximum absolute atomic E-state index is 13.8. The van der Waals surface area contributed by atoms with E-state index >= 15 is 0 Å². The standard InChI is InChI=1S/C31H26BrNO6/c1-3-5-16-38-31(36)19-9-12-22(13-10-19)33-27(20-7-6-8-23(17-20)37-15-4-2)26-28(34)24-18-21(32)11-14-25(24)39-29(26)30(33)35/h4,6-14,17-18,27H,2-3,5,15-16H2,1H3. The third-order valence-corrected chi connectivity index (χ3v) is 6.98. The van der Waals surface area contributed by atoms with Gasteiger partial charge in [-0.3, -0.25) is 14.5 Å². The van der Waals surface area contributed by atoms with E-state index in [4.69, 9.17) is 13.9 Å². The number of ether oxygens (including phenoxy) is 2. The second-order valence-electron chi connectivity index (χ2n) is 9.10. The highest BCUT2D eigenvalue weighted by molar-refractivity contribution is 9.10. The molecule has 2 heterocycles. The predicted octanol–water partition coefficient (Wildman–Crippen LogP) is 6.83. The van der Waals surface area contributed by atoms with E-state index in [2.05, 4.69) is 22.5 Å². The maximum atomic E-state index is 13.8. The highest BCUT2D eigenvalue weighted by atomic mass is 79.9. The first-order valence-electron chi connectivity index (χ1n) is 12.6. The van der Waals surface area contributed by atoms with Gasteiger partial charge in [-0.1, -0.05) is 54.1 Å². The molecule has 0 fully saturated rings. The third kappa shape index (κ3) is 5.12. The molecule has 8 heteroatoms. The smallest absolute Gasteiger partial charge is 0.338 e. The van der Waals surface area contributed by atoms with Crippen molar-refractivity contribution in [3.8, 4) is 5.75 Å². The molecule has 0 aliphatic carbocycles. The molecule has 0 saturated heterocycles. The molecule has 0 radical (unpaired) electrons. The lowest BCUT2D eigenvalue weighted by Gasteiger charge is -2.25. The fourth-order valence-corrected chi connectivity index (χ4v) is 4.97. The van der Waals surface area contributed by atoms with Gasteiger partial charge in [0, 0.05) is 10.2 Å². The van der Waals surface area contributed by atoms with Gasteiger partial charge < -0.3 is 13.9 Å². The molecule has 1 aliphatic heterocycles. The van der Waals surface area contributed by atoms with Crippen molar-refractivity contribution in [3.63, 3.8) is 0 Å². The lowest BCUT2D eigenvalue weighted by atomic mass is 9.98. The van der Waals surface area contributed by atoms with Gasteiger partial charge in [-0.15, -0.1) is 0 Å². The Morgan fingerprint density at radius 3 is 2.64 bits per heavy atom. The van der Waals surface area contributed by atoms with E-state index in [1.807, 2.05) is 19.1 Å². The number of fused-ring (bicyclic) bond motifs is 2. The van der Waals surface area contributed by atoms with Crippen LogP contribution in [0.2, 0.25) is 0 Å². The summed E-state index contributed by atoms with van der Waals surface area (Å²) in [6, 6.07) is 18.1. The lowest BCUT2D eigenvalue weighted by Crippen LogP contribution is -2.29. The monoisotopic (exact) mass is 587 g/mol. The summed E-state index contributed by atoms with van der Waals surface area (Å²) in [6.45, 7) is 6.36. The molecule has 1 atom stereocenters. The van der Waals surface area contributed by atoms with Gasteiger partial charge in [-0.25, -0.2) is 4.79 Å². The van der Waals surface area contributed by atoms with Gasteiger partial charge in [0.05, 0.1) is 29.2 Å². The number of unbranched alkanes of at least 4 members (excludes halogenated alkanes) is 1. The first-order chi connectivity index (χ1) is 18.9. The second-order valence-corrected chi connectivity index (χ2v) is 10.0. The highest BCUT2D eigenvalue weighted by Gasteiger charge is 2.43. The molecule has 5 rings (SSSR count). The van der Waals surface area contributed by atoms with Crippen LogP contribution in [-0.4, -0.2) is 25.1 Å². The third-order valence-electron chi connectivity index (χ3n) is 6.49. The first-order valence-corrected chi connectivity index (χ1v) is 13.4. The molecule has 0 spiro atoms. The fourth-order valence-electron chi connectivity index (χ4n) is 4.61. The largest absolute Gasteiger partial charge is 0.490 e. The minimum Gasteiger partial charge on any atom is -0.490 e. The maximum Gasteiger partial charge on any atom is 0.338 e. The van der Waals surface area contributed by atoms with Crippen molar-refractivity contribution in [2.24, 2.45) is 0 Å². The second kappa shape index (κ2) is 11.3. The highest BCUT2D eigenvalue weighted by Crippen LogP contribution is 2.42. The van der Waals surface area contributed by atoms with Crippen molar-refractivity contribution in [2.45, 2.75) is 25.8 Å². The van der Waals surface area contributed by atoms with Crippen molar-refractivity contribution < 1.29 is 23.5 Å². The Labute approximate surface area is 233 Å². The number of hydrogen-bond acceptors (Lipinski definition) is 6. The average Bonchev–Trinajstić information content (AvgIpc) is 3.25. The van der Waals surface area contributed by atoms with Gasteiger partial charge in [0.1, 0.15) is 17.9 Å². The molecule has 0 N–H and O–H groups in total. The zero-order chi connectivity index (χ0) is 27.5. The van der Waals surface area contributed by atoms with Gasteiger partial charge in [-0.05, 0) is 66.6 Å². The van der Waals surface area contributed by atoms with Crippen molar-refractivity contribution in [2.75, 3.05) is 18.1 Å². The number of carbonyl (C=O) groups excluding carboxylic acids is 2. The number of benzene rings is 3. The van der Waals surface area contributed by atoms with Crippen LogP contribution in [0.5, 0.6) is 5.75 Å². The molecule has 1 unspecified atom stereocenters. The SMILES string of the molecule is C=CCOc1cccc(C2c3c(oc4ccc(Br)cc4c3=O)C(=O)N2c2ccc(C(=O)OCCCC)cc2)c1. The van der Waals surface area contributed by atoms with E-state index in [9.17, 15) is 14.4 Å². The predicted molar refractivity (Wildman–Crippen MR) is 153 cm³/mol. The molecule has 4 aromatic rings. The van der Waals surface area contributed by atoms with Gasteiger partial charge in [0.25, 0.3) is 5.91 Å². The zero-order valence-electron chi connectivity index (χ0n) is 21.3. The van der Waals surface area contributed by atoms with Crippen LogP contribution in [0.1, 0.15) is 57.8 Å². The molecule has 39 heavy (non-hydrogen) atoms. The van der Waals surface area contributed by atoms with Gasteiger partial charge in [0.15, 0.2) is 5.43 Å². The summed E-state index contributed by atoms with van der Waals surface area (Å²) in [5.41, 5.74) is 1.83. The summed E-state index contributed by atoms with van der Waals surface area (Å²) in [7, 11) is 0. The van der Waals surface area contributed by atoms with Crippen LogP contribution in [-0.2, 0) is 4.74 Å². The summed E-state index contributed by atoms with van der Waals surface area (Å²) >= 11 is 3.42. The van der Waals surface area contributed by atoms with Crippen LogP contribution in [0.15, 0.2) is 93.1 Å². The molecule has 1 aliphatic rings. The average molecular weight is 588 g/mol. The Morgan fingerprint density at radius 2 is 1.90 bits per heavy atom. The van der Waals surface area contributed by atoms with E-state index in [-0.39, 0.29) is 16.8 Å². The normalized spacial score (nSPS) is 14.4. The van der Waals surface area contributed by atoms with Crippen molar-refractivity contribution in [1.82, 2.24) is 0 Å². The molecule has 1 aromatic heterocycles. The first kappa shape index (κ1) is 26.4. The fraction of sp³-hybridized carbons (Fsp3) is 0.194. The van der Waals surface area contributed by atoms with Crippen molar-refractivity contribution in [1.29, 1.82) is 0 Å². The number of carbonyl (C=O) groups is 2. The van der Waals surface area contributed by atoms with Gasteiger partial charge in [-0.2, -0.15) is 0 Å². The van der Waals surface area contributed by atoms with E-state index in [0.717, 1.165) is 17.3 Å². The quantitative estimate of drug-likeness (QED) is 0.121. The summed E-state index contributed by atoms with van der Waals surface area (Å²) in [5.74, 6) is -0.317. The van der Waals surface area contributed by atoms with Crippen LogP contribution in [0, 0.1) is 0 Å². The van der Waals surface area contributed by atoms with Gasteiger partial charge in [0.2, 0.25) is 5.76 Å². The summed E-state index contributed by atoms with van der Waals surface area (Å²) in [5, 5.41) is 0.368. The molecule has 1 amide bonds. The van der Waals surface area contributed by atoms with Crippen LogP contribution >= 0.6 is 15.9 Å². The minimum atomic E-state index is -0.776.